The number of primary sulfonamides is 1. The second-order valence-electron chi connectivity index (χ2n) is 5.30. The molecule has 0 spiro atoms. The number of rotatable bonds is 5. The van der Waals surface area contributed by atoms with Crippen molar-refractivity contribution in [1.82, 2.24) is 9.80 Å². The maximum atomic E-state index is 12.0. The lowest BCUT2D eigenvalue weighted by molar-refractivity contribution is -0.135. The van der Waals surface area contributed by atoms with Crippen LogP contribution in [0.5, 0.6) is 0 Å². The third kappa shape index (κ3) is 6.36. The molecule has 1 rings (SSSR count). The van der Waals surface area contributed by atoms with Crippen molar-refractivity contribution in [3.63, 3.8) is 0 Å². The summed E-state index contributed by atoms with van der Waals surface area (Å²) in [6, 6.07) is -0.462. The first-order chi connectivity index (χ1) is 8.70. The highest BCUT2D eigenvalue weighted by Crippen LogP contribution is 2.07. The molecule has 0 bridgehead atoms. The minimum Gasteiger partial charge on any atom is -0.339 e. The number of amides is 1. The zero-order valence-corrected chi connectivity index (χ0v) is 13.6. The summed E-state index contributed by atoms with van der Waals surface area (Å²) in [6.07, 6.45) is 0. The summed E-state index contributed by atoms with van der Waals surface area (Å²) in [5.74, 6) is 0.0425. The fraction of sp³-hybridized carbons (Fsp3) is 0.909. The first kappa shape index (κ1) is 19.6. The summed E-state index contributed by atoms with van der Waals surface area (Å²) in [7, 11) is -3.42. The average Bonchev–Trinajstić information content (AvgIpc) is 2.34. The van der Waals surface area contributed by atoms with Crippen molar-refractivity contribution in [3.05, 3.63) is 0 Å². The van der Waals surface area contributed by atoms with Crippen molar-refractivity contribution in [3.8, 4) is 0 Å². The van der Waals surface area contributed by atoms with Crippen molar-refractivity contribution >= 4 is 28.3 Å². The van der Waals surface area contributed by atoms with Gasteiger partial charge in [0.25, 0.3) is 0 Å². The van der Waals surface area contributed by atoms with E-state index in [4.69, 9.17) is 10.9 Å². The number of carbonyl (C=O) groups is 1. The van der Waals surface area contributed by atoms with Gasteiger partial charge in [-0.25, -0.2) is 13.6 Å². The van der Waals surface area contributed by atoms with Gasteiger partial charge in [-0.1, -0.05) is 13.8 Å². The number of carbonyl (C=O) groups excluding carboxylic acids is 1. The topological polar surface area (TPSA) is 110 Å². The number of piperazine rings is 1. The summed E-state index contributed by atoms with van der Waals surface area (Å²) in [5.41, 5.74) is 5.84. The van der Waals surface area contributed by atoms with Gasteiger partial charge in [-0.2, -0.15) is 0 Å². The van der Waals surface area contributed by atoms with Crippen LogP contribution >= 0.6 is 12.4 Å². The van der Waals surface area contributed by atoms with Crippen LogP contribution in [-0.4, -0.2) is 68.6 Å². The first-order valence-electron chi connectivity index (χ1n) is 6.48. The van der Waals surface area contributed by atoms with Gasteiger partial charge < -0.3 is 10.6 Å². The van der Waals surface area contributed by atoms with Gasteiger partial charge in [0.15, 0.2) is 0 Å². The Morgan fingerprint density at radius 2 is 1.70 bits per heavy atom. The van der Waals surface area contributed by atoms with E-state index in [-0.39, 0.29) is 30.0 Å². The highest BCUT2D eigenvalue weighted by Gasteiger charge is 2.26. The second-order valence-corrected chi connectivity index (χ2v) is 7.04. The van der Waals surface area contributed by atoms with Crippen LogP contribution in [0.3, 0.4) is 0 Å². The Hall–Kier alpha value is -0.410. The molecule has 1 aliphatic heterocycles. The molecule has 4 N–H and O–H groups in total. The monoisotopic (exact) mass is 328 g/mol. The highest BCUT2D eigenvalue weighted by molar-refractivity contribution is 7.89. The average molecular weight is 329 g/mol. The second kappa shape index (κ2) is 8.14. The minimum absolute atomic E-state index is 0. The Labute approximate surface area is 127 Å². The van der Waals surface area contributed by atoms with E-state index in [1.807, 2.05) is 18.7 Å². The van der Waals surface area contributed by atoms with Gasteiger partial charge in [0.1, 0.15) is 0 Å². The molecule has 9 heteroatoms. The molecule has 1 heterocycles. The summed E-state index contributed by atoms with van der Waals surface area (Å²) in [6.45, 7) is 6.75. The van der Waals surface area contributed by atoms with Crippen molar-refractivity contribution in [2.75, 3.05) is 38.5 Å². The molecule has 1 saturated heterocycles. The maximum Gasteiger partial charge on any atom is 0.239 e. The molecular weight excluding hydrogens is 304 g/mol. The van der Waals surface area contributed by atoms with E-state index in [0.717, 1.165) is 0 Å². The minimum atomic E-state index is -3.42. The number of hydrogen-bond donors (Lipinski definition) is 2. The quantitative estimate of drug-likeness (QED) is 0.660. The van der Waals surface area contributed by atoms with Crippen LogP contribution in [0.1, 0.15) is 13.8 Å². The first-order valence-corrected chi connectivity index (χ1v) is 8.19. The zero-order valence-electron chi connectivity index (χ0n) is 12.0. The number of nitrogens with two attached hydrogens (primary N) is 2. The molecule has 0 aromatic rings. The van der Waals surface area contributed by atoms with Crippen molar-refractivity contribution < 1.29 is 13.2 Å². The van der Waals surface area contributed by atoms with Crippen molar-refractivity contribution in [1.29, 1.82) is 0 Å². The summed E-state index contributed by atoms with van der Waals surface area (Å²) < 4.78 is 21.8. The van der Waals surface area contributed by atoms with Gasteiger partial charge in [-0.15, -0.1) is 12.4 Å². The van der Waals surface area contributed by atoms with E-state index in [1.54, 1.807) is 4.90 Å². The van der Waals surface area contributed by atoms with Crippen molar-refractivity contribution in [2.24, 2.45) is 16.8 Å². The van der Waals surface area contributed by atoms with Crippen LogP contribution in [0.15, 0.2) is 0 Å². The molecule has 1 fully saturated rings. The Bertz CT molecular complexity index is 408. The molecule has 1 atom stereocenters. The smallest absolute Gasteiger partial charge is 0.239 e. The number of nitrogens with zero attached hydrogens (tertiary/aromatic N) is 2. The van der Waals surface area contributed by atoms with E-state index in [2.05, 4.69) is 0 Å². The van der Waals surface area contributed by atoms with Crippen LogP contribution in [0.25, 0.3) is 0 Å². The van der Waals surface area contributed by atoms with Gasteiger partial charge >= 0.3 is 0 Å². The predicted molar refractivity (Wildman–Crippen MR) is 81.1 cm³/mol. The summed E-state index contributed by atoms with van der Waals surface area (Å²) in [4.78, 5) is 15.8. The maximum absolute atomic E-state index is 12.0. The highest BCUT2D eigenvalue weighted by atomic mass is 35.5. The lowest BCUT2D eigenvalue weighted by atomic mass is 10.0. The molecule has 0 aromatic heterocycles. The fourth-order valence-corrected chi connectivity index (χ4v) is 2.46. The molecule has 0 aliphatic carbocycles. The van der Waals surface area contributed by atoms with Gasteiger partial charge in [0.2, 0.25) is 15.9 Å². The third-order valence-corrected chi connectivity index (χ3v) is 4.13. The summed E-state index contributed by atoms with van der Waals surface area (Å²) in [5, 5.41) is 4.97. The van der Waals surface area contributed by atoms with Crippen LogP contribution in [0.2, 0.25) is 0 Å². The van der Waals surface area contributed by atoms with E-state index < -0.39 is 16.1 Å². The van der Waals surface area contributed by atoms with E-state index in [1.165, 1.54) is 0 Å². The van der Waals surface area contributed by atoms with Crippen LogP contribution in [0, 0.1) is 5.92 Å². The SMILES string of the molecule is CC(C)[C@H](N)C(=O)N1CCN(CCS(N)(=O)=O)CC1.Cl. The lowest BCUT2D eigenvalue weighted by Gasteiger charge is -2.36. The Kier molecular flexibility index (Phi) is 7.97. The van der Waals surface area contributed by atoms with Crippen LogP contribution in [0.4, 0.5) is 0 Å². The van der Waals surface area contributed by atoms with Gasteiger partial charge in [-0.3, -0.25) is 9.69 Å². The fourth-order valence-electron chi connectivity index (χ4n) is 1.94. The predicted octanol–water partition coefficient (Wildman–Crippen LogP) is -1.18. The largest absolute Gasteiger partial charge is 0.339 e. The number of hydrogen-bond acceptors (Lipinski definition) is 5. The zero-order chi connectivity index (χ0) is 14.6. The summed E-state index contributed by atoms with van der Waals surface area (Å²) >= 11 is 0. The molecule has 120 valence electrons. The normalized spacial score (nSPS) is 18.8. The third-order valence-electron chi connectivity index (χ3n) is 3.38. The standard InChI is InChI=1S/C11H24N4O3S.ClH/c1-9(2)10(12)11(16)15-5-3-14(4-6-15)7-8-19(13,17)18;/h9-10H,3-8,12H2,1-2H3,(H2,13,17,18);1H/t10-;/m0./s1. The molecule has 20 heavy (non-hydrogen) atoms. The molecule has 7 nitrogen and oxygen atoms in total. The van der Waals surface area contributed by atoms with E-state index in [9.17, 15) is 13.2 Å². The van der Waals surface area contributed by atoms with Crippen molar-refractivity contribution in [2.45, 2.75) is 19.9 Å². The number of halogens is 1. The number of sulfonamides is 1. The molecule has 0 radical (unpaired) electrons. The lowest BCUT2D eigenvalue weighted by Crippen LogP contribution is -2.54. The molecule has 1 amide bonds. The Balaban J connectivity index is 0.00000361. The Morgan fingerprint density at radius 1 is 1.20 bits per heavy atom. The van der Waals surface area contributed by atoms with Crippen LogP contribution in [-0.2, 0) is 14.8 Å². The van der Waals surface area contributed by atoms with Gasteiger partial charge in [-0.05, 0) is 5.92 Å². The van der Waals surface area contributed by atoms with E-state index in [0.29, 0.717) is 32.7 Å². The molecule has 0 saturated carbocycles. The molecule has 0 unspecified atom stereocenters. The van der Waals surface area contributed by atoms with Gasteiger partial charge in [0.05, 0.1) is 11.8 Å². The van der Waals surface area contributed by atoms with Crippen LogP contribution < -0.4 is 10.9 Å². The molecular formula is C11H25ClN4O3S. The van der Waals surface area contributed by atoms with E-state index >= 15 is 0 Å². The molecule has 1 aliphatic rings. The Morgan fingerprint density at radius 3 is 2.10 bits per heavy atom. The molecule has 0 aromatic carbocycles. The van der Waals surface area contributed by atoms with Gasteiger partial charge in [0, 0.05) is 32.7 Å².